The standard InChI is InChI=1S/C21H24FN5/c1-2-23-21(25-14-17-8-10-19(22)11-9-17)24-13-12-18-15-26-27(16-18)20-6-4-3-5-7-20/h3-11,15-16H,2,12-14H2,1H3,(H2,23,24,25). The topological polar surface area (TPSA) is 54.2 Å². The summed E-state index contributed by atoms with van der Waals surface area (Å²) in [6.07, 6.45) is 4.77. The third-order valence-electron chi connectivity index (χ3n) is 4.04. The first kappa shape index (κ1) is 18.6. The summed E-state index contributed by atoms with van der Waals surface area (Å²) in [4.78, 5) is 4.55. The molecular weight excluding hydrogens is 341 g/mol. The fourth-order valence-electron chi connectivity index (χ4n) is 2.64. The van der Waals surface area contributed by atoms with Gasteiger partial charge >= 0.3 is 0 Å². The third kappa shape index (κ3) is 5.67. The zero-order chi connectivity index (χ0) is 18.9. The van der Waals surface area contributed by atoms with Crippen molar-refractivity contribution in [2.75, 3.05) is 13.1 Å². The van der Waals surface area contributed by atoms with Crippen molar-refractivity contribution in [1.82, 2.24) is 20.4 Å². The van der Waals surface area contributed by atoms with Gasteiger partial charge in [0.1, 0.15) is 5.82 Å². The van der Waals surface area contributed by atoms with E-state index >= 15 is 0 Å². The maximum Gasteiger partial charge on any atom is 0.191 e. The zero-order valence-electron chi connectivity index (χ0n) is 15.4. The number of aromatic nitrogens is 2. The fourth-order valence-corrected chi connectivity index (χ4v) is 2.64. The lowest BCUT2D eigenvalue weighted by Gasteiger charge is -2.10. The molecule has 0 spiro atoms. The Hall–Kier alpha value is -3.15. The molecule has 2 aromatic carbocycles. The van der Waals surface area contributed by atoms with E-state index in [0.717, 1.165) is 42.3 Å². The molecule has 0 aliphatic heterocycles. The summed E-state index contributed by atoms with van der Waals surface area (Å²) < 4.78 is 14.9. The molecule has 0 unspecified atom stereocenters. The molecule has 0 saturated carbocycles. The molecule has 0 bridgehead atoms. The minimum Gasteiger partial charge on any atom is -0.357 e. The number of para-hydroxylation sites is 1. The van der Waals surface area contributed by atoms with Crippen LogP contribution in [0.15, 0.2) is 72.0 Å². The lowest BCUT2D eigenvalue weighted by molar-refractivity contribution is 0.627. The lowest BCUT2D eigenvalue weighted by atomic mass is 10.2. The monoisotopic (exact) mass is 365 g/mol. The highest BCUT2D eigenvalue weighted by Gasteiger charge is 2.02. The van der Waals surface area contributed by atoms with Crippen LogP contribution in [0, 0.1) is 5.82 Å². The first-order valence-corrected chi connectivity index (χ1v) is 9.10. The molecule has 27 heavy (non-hydrogen) atoms. The van der Waals surface area contributed by atoms with Gasteiger partial charge in [0.25, 0.3) is 0 Å². The van der Waals surface area contributed by atoms with Crippen LogP contribution in [0.25, 0.3) is 5.69 Å². The Morgan fingerprint density at radius 2 is 1.81 bits per heavy atom. The van der Waals surface area contributed by atoms with Gasteiger partial charge in [0, 0.05) is 19.3 Å². The Morgan fingerprint density at radius 1 is 1.04 bits per heavy atom. The average molecular weight is 365 g/mol. The second kappa shape index (κ2) is 9.52. The molecule has 0 amide bonds. The zero-order valence-corrected chi connectivity index (χ0v) is 15.4. The highest BCUT2D eigenvalue weighted by Crippen LogP contribution is 2.08. The lowest BCUT2D eigenvalue weighted by Crippen LogP contribution is -2.38. The average Bonchev–Trinajstić information content (AvgIpc) is 3.17. The molecule has 2 N–H and O–H groups in total. The van der Waals surface area contributed by atoms with Gasteiger partial charge in [-0.05, 0) is 48.7 Å². The second-order valence-electron chi connectivity index (χ2n) is 6.13. The van der Waals surface area contributed by atoms with Crippen LogP contribution in [0.3, 0.4) is 0 Å². The molecule has 0 radical (unpaired) electrons. The Morgan fingerprint density at radius 3 is 2.56 bits per heavy atom. The minimum absolute atomic E-state index is 0.233. The molecule has 3 aromatic rings. The third-order valence-corrected chi connectivity index (χ3v) is 4.04. The molecule has 140 valence electrons. The van der Waals surface area contributed by atoms with Crippen LogP contribution in [0.5, 0.6) is 0 Å². The highest BCUT2D eigenvalue weighted by molar-refractivity contribution is 5.79. The van der Waals surface area contributed by atoms with E-state index in [1.54, 1.807) is 12.1 Å². The number of hydrogen-bond acceptors (Lipinski definition) is 2. The van der Waals surface area contributed by atoms with E-state index in [-0.39, 0.29) is 5.82 Å². The van der Waals surface area contributed by atoms with Crippen molar-refractivity contribution in [3.05, 3.63) is 83.9 Å². The van der Waals surface area contributed by atoms with Crippen molar-refractivity contribution in [2.45, 2.75) is 19.9 Å². The number of halogens is 1. The van der Waals surface area contributed by atoms with Gasteiger partial charge in [-0.2, -0.15) is 5.10 Å². The number of aliphatic imine (C=N–C) groups is 1. The van der Waals surface area contributed by atoms with Crippen LogP contribution in [0.2, 0.25) is 0 Å². The maximum absolute atomic E-state index is 13.0. The van der Waals surface area contributed by atoms with E-state index < -0.39 is 0 Å². The van der Waals surface area contributed by atoms with E-state index in [4.69, 9.17) is 0 Å². The van der Waals surface area contributed by atoms with Gasteiger partial charge < -0.3 is 10.6 Å². The molecule has 5 nitrogen and oxygen atoms in total. The number of hydrogen-bond donors (Lipinski definition) is 2. The van der Waals surface area contributed by atoms with Crippen molar-refractivity contribution in [3.8, 4) is 5.69 Å². The first-order chi connectivity index (χ1) is 13.2. The van der Waals surface area contributed by atoms with Gasteiger partial charge in [0.2, 0.25) is 0 Å². The molecule has 0 aliphatic carbocycles. The summed E-state index contributed by atoms with van der Waals surface area (Å²) in [7, 11) is 0. The molecule has 1 aromatic heterocycles. The number of benzene rings is 2. The van der Waals surface area contributed by atoms with Crippen molar-refractivity contribution in [2.24, 2.45) is 4.99 Å². The molecule has 0 saturated heterocycles. The van der Waals surface area contributed by atoms with Crippen LogP contribution in [-0.2, 0) is 13.0 Å². The van der Waals surface area contributed by atoms with Crippen LogP contribution in [0.4, 0.5) is 4.39 Å². The normalized spacial score (nSPS) is 11.4. The molecule has 0 fully saturated rings. The molecule has 0 aliphatic rings. The Bertz CT molecular complexity index is 856. The van der Waals surface area contributed by atoms with E-state index in [0.29, 0.717) is 6.54 Å². The largest absolute Gasteiger partial charge is 0.357 e. The van der Waals surface area contributed by atoms with Crippen LogP contribution < -0.4 is 10.6 Å². The molecule has 6 heteroatoms. The smallest absolute Gasteiger partial charge is 0.191 e. The highest BCUT2D eigenvalue weighted by atomic mass is 19.1. The van der Waals surface area contributed by atoms with E-state index in [1.807, 2.05) is 54.3 Å². The van der Waals surface area contributed by atoms with Gasteiger partial charge in [-0.1, -0.05) is 30.3 Å². The SMILES string of the molecule is CCNC(=NCc1ccc(F)cc1)NCCc1cnn(-c2ccccc2)c1. The van der Waals surface area contributed by atoms with Gasteiger partial charge in [0.05, 0.1) is 18.4 Å². The van der Waals surface area contributed by atoms with Gasteiger partial charge in [-0.15, -0.1) is 0 Å². The second-order valence-corrected chi connectivity index (χ2v) is 6.13. The van der Waals surface area contributed by atoms with Crippen molar-refractivity contribution < 1.29 is 4.39 Å². The maximum atomic E-state index is 13.0. The van der Waals surface area contributed by atoms with E-state index in [9.17, 15) is 4.39 Å². The molecular formula is C21H24FN5. The first-order valence-electron chi connectivity index (χ1n) is 9.10. The quantitative estimate of drug-likeness (QED) is 0.499. The van der Waals surface area contributed by atoms with Crippen molar-refractivity contribution in [1.29, 1.82) is 0 Å². The van der Waals surface area contributed by atoms with Crippen LogP contribution >= 0.6 is 0 Å². The molecule has 3 rings (SSSR count). The van der Waals surface area contributed by atoms with Crippen LogP contribution in [-0.4, -0.2) is 28.8 Å². The number of rotatable bonds is 7. The van der Waals surface area contributed by atoms with Gasteiger partial charge in [0.15, 0.2) is 5.96 Å². The Labute approximate surface area is 159 Å². The van der Waals surface area contributed by atoms with Gasteiger partial charge in [-0.25, -0.2) is 14.1 Å². The Kier molecular flexibility index (Phi) is 6.57. The summed E-state index contributed by atoms with van der Waals surface area (Å²) in [6.45, 7) is 4.05. The summed E-state index contributed by atoms with van der Waals surface area (Å²) >= 11 is 0. The van der Waals surface area contributed by atoms with Gasteiger partial charge in [-0.3, -0.25) is 0 Å². The number of nitrogens with zero attached hydrogens (tertiary/aromatic N) is 3. The van der Waals surface area contributed by atoms with E-state index in [2.05, 4.69) is 20.7 Å². The van der Waals surface area contributed by atoms with E-state index in [1.165, 1.54) is 12.1 Å². The molecule has 0 atom stereocenters. The predicted molar refractivity (Wildman–Crippen MR) is 106 cm³/mol. The van der Waals surface area contributed by atoms with Crippen molar-refractivity contribution >= 4 is 5.96 Å². The summed E-state index contributed by atoms with van der Waals surface area (Å²) in [5, 5.41) is 11.0. The molecule has 1 heterocycles. The minimum atomic E-state index is -0.233. The summed E-state index contributed by atoms with van der Waals surface area (Å²) in [5.41, 5.74) is 3.17. The summed E-state index contributed by atoms with van der Waals surface area (Å²) in [6, 6.07) is 16.5. The predicted octanol–water partition coefficient (Wildman–Crippen LogP) is 3.31. The fraction of sp³-hybridized carbons (Fsp3) is 0.238. The Balaban J connectivity index is 1.53. The number of guanidine groups is 1. The van der Waals surface area contributed by atoms with Crippen LogP contribution in [0.1, 0.15) is 18.1 Å². The summed E-state index contributed by atoms with van der Waals surface area (Å²) in [5.74, 6) is 0.515. The number of nitrogens with one attached hydrogen (secondary N) is 2. The van der Waals surface area contributed by atoms with Crippen molar-refractivity contribution in [3.63, 3.8) is 0 Å².